The normalized spacial score (nSPS) is 14.3. The van der Waals surface area contributed by atoms with Crippen LogP contribution < -0.4 is 10.1 Å². The summed E-state index contributed by atoms with van der Waals surface area (Å²) in [6.45, 7) is 0.107. The second-order valence-corrected chi connectivity index (χ2v) is 10.4. The molecule has 0 aliphatic heterocycles. The molecule has 1 N–H and O–H groups in total. The van der Waals surface area contributed by atoms with E-state index in [1.165, 1.54) is 0 Å². The van der Waals surface area contributed by atoms with E-state index in [1.54, 1.807) is 29.2 Å². The maximum Gasteiger partial charge on any atom is 0.261 e. The van der Waals surface area contributed by atoms with Crippen LogP contribution >= 0.6 is 27.5 Å². The largest absolute Gasteiger partial charge is 0.484 e. The van der Waals surface area contributed by atoms with Gasteiger partial charge in [-0.05, 0) is 60.4 Å². The van der Waals surface area contributed by atoms with Gasteiger partial charge in [0.1, 0.15) is 11.8 Å². The van der Waals surface area contributed by atoms with Gasteiger partial charge in [0.25, 0.3) is 5.91 Å². The Kier molecular flexibility index (Phi) is 9.42. The summed E-state index contributed by atoms with van der Waals surface area (Å²) in [7, 11) is 0. The summed E-state index contributed by atoms with van der Waals surface area (Å²) in [6, 6.07) is 24.0. The molecule has 0 aromatic heterocycles. The molecule has 1 saturated carbocycles. The first-order valence-corrected chi connectivity index (χ1v) is 13.4. The van der Waals surface area contributed by atoms with Crippen LogP contribution in [-0.2, 0) is 22.6 Å². The maximum atomic E-state index is 13.6. The SMILES string of the molecule is O=C(NC1CCCC1)[C@H](Cc1ccccc1)N(Cc1cccc(Br)c1)C(=O)COc1ccc(Cl)cc1. The van der Waals surface area contributed by atoms with Crippen molar-refractivity contribution in [1.82, 2.24) is 10.2 Å². The predicted octanol–water partition coefficient (Wildman–Crippen LogP) is 6.18. The quantitative estimate of drug-likeness (QED) is 0.317. The second-order valence-electron chi connectivity index (χ2n) is 9.09. The molecule has 4 rings (SSSR count). The Hall–Kier alpha value is -2.83. The van der Waals surface area contributed by atoms with Crippen LogP contribution in [0.1, 0.15) is 36.8 Å². The van der Waals surface area contributed by atoms with Crippen molar-refractivity contribution in [3.63, 3.8) is 0 Å². The molecular formula is C29H30BrClN2O3. The van der Waals surface area contributed by atoms with Gasteiger partial charge in [0, 0.05) is 28.5 Å². The fourth-order valence-corrected chi connectivity index (χ4v) is 5.08. The number of hydrogen-bond acceptors (Lipinski definition) is 3. The van der Waals surface area contributed by atoms with Gasteiger partial charge in [-0.3, -0.25) is 9.59 Å². The van der Waals surface area contributed by atoms with Crippen LogP contribution in [0.2, 0.25) is 5.02 Å². The topological polar surface area (TPSA) is 58.6 Å². The van der Waals surface area contributed by atoms with Crippen molar-refractivity contribution in [1.29, 1.82) is 0 Å². The number of carbonyl (C=O) groups excluding carboxylic acids is 2. The van der Waals surface area contributed by atoms with E-state index in [2.05, 4.69) is 21.2 Å². The lowest BCUT2D eigenvalue weighted by atomic mass is 10.0. The highest BCUT2D eigenvalue weighted by Gasteiger charge is 2.32. The number of ether oxygens (including phenoxy) is 1. The van der Waals surface area contributed by atoms with Gasteiger partial charge in [0.15, 0.2) is 6.61 Å². The van der Waals surface area contributed by atoms with Gasteiger partial charge in [-0.25, -0.2) is 0 Å². The summed E-state index contributed by atoms with van der Waals surface area (Å²) in [4.78, 5) is 28.9. The lowest BCUT2D eigenvalue weighted by Gasteiger charge is -2.32. The van der Waals surface area contributed by atoms with E-state index in [1.807, 2.05) is 54.6 Å². The lowest BCUT2D eigenvalue weighted by Crippen LogP contribution is -2.53. The molecule has 1 aliphatic carbocycles. The molecule has 0 saturated heterocycles. The van der Waals surface area contributed by atoms with Crippen LogP contribution in [-0.4, -0.2) is 35.4 Å². The maximum absolute atomic E-state index is 13.6. The van der Waals surface area contributed by atoms with Gasteiger partial charge in [-0.1, -0.05) is 82.8 Å². The van der Waals surface area contributed by atoms with Gasteiger partial charge in [0.05, 0.1) is 0 Å². The van der Waals surface area contributed by atoms with Gasteiger partial charge < -0.3 is 15.0 Å². The fourth-order valence-electron chi connectivity index (χ4n) is 4.51. The van der Waals surface area contributed by atoms with Crippen LogP contribution in [0, 0.1) is 0 Å². The zero-order valence-corrected chi connectivity index (χ0v) is 22.4. The van der Waals surface area contributed by atoms with E-state index in [0.29, 0.717) is 17.2 Å². The van der Waals surface area contributed by atoms with Crippen molar-refractivity contribution >= 4 is 39.3 Å². The average Bonchev–Trinajstić information content (AvgIpc) is 3.39. The first-order valence-electron chi connectivity index (χ1n) is 12.2. The molecule has 3 aromatic carbocycles. The van der Waals surface area contributed by atoms with Crippen molar-refractivity contribution in [2.75, 3.05) is 6.61 Å². The molecule has 3 aromatic rings. The zero-order chi connectivity index (χ0) is 25.3. The standard InChI is InChI=1S/C29H30BrClN2O3/c30-23-10-6-9-22(17-23)19-33(28(34)20-36-26-15-13-24(31)14-16-26)27(18-21-7-2-1-3-8-21)29(35)32-25-11-4-5-12-25/h1-3,6-10,13-17,25,27H,4-5,11-12,18-20H2,(H,32,35)/t27-/m0/s1. The summed E-state index contributed by atoms with van der Waals surface area (Å²) in [5, 5.41) is 3.81. The van der Waals surface area contributed by atoms with E-state index in [9.17, 15) is 9.59 Å². The Balaban J connectivity index is 1.60. The second kappa shape index (κ2) is 12.9. The van der Waals surface area contributed by atoms with Gasteiger partial charge in [-0.2, -0.15) is 0 Å². The van der Waals surface area contributed by atoms with Crippen molar-refractivity contribution in [2.45, 2.75) is 50.7 Å². The average molecular weight is 570 g/mol. The van der Waals surface area contributed by atoms with Gasteiger partial charge in [-0.15, -0.1) is 0 Å². The summed E-state index contributed by atoms with van der Waals surface area (Å²) < 4.78 is 6.70. The van der Waals surface area contributed by atoms with Crippen LogP contribution in [0.5, 0.6) is 5.75 Å². The summed E-state index contributed by atoms with van der Waals surface area (Å²) in [5.41, 5.74) is 1.92. The van der Waals surface area contributed by atoms with Crippen molar-refractivity contribution in [3.8, 4) is 5.75 Å². The Morgan fingerprint density at radius 3 is 2.36 bits per heavy atom. The highest BCUT2D eigenvalue weighted by molar-refractivity contribution is 9.10. The van der Waals surface area contributed by atoms with E-state index >= 15 is 0 Å². The first-order chi connectivity index (χ1) is 17.5. The lowest BCUT2D eigenvalue weighted by molar-refractivity contribution is -0.143. The number of nitrogens with one attached hydrogen (secondary N) is 1. The summed E-state index contributed by atoms with van der Waals surface area (Å²) in [5.74, 6) is 0.165. The number of amides is 2. The molecule has 7 heteroatoms. The zero-order valence-electron chi connectivity index (χ0n) is 20.0. The van der Waals surface area contributed by atoms with Crippen molar-refractivity contribution in [3.05, 3.63) is 99.5 Å². The van der Waals surface area contributed by atoms with E-state index in [0.717, 1.165) is 41.3 Å². The predicted molar refractivity (Wildman–Crippen MR) is 146 cm³/mol. The summed E-state index contributed by atoms with van der Waals surface area (Å²) >= 11 is 9.49. The molecule has 0 unspecified atom stereocenters. The molecule has 0 spiro atoms. The van der Waals surface area contributed by atoms with Crippen LogP contribution in [0.4, 0.5) is 0 Å². The van der Waals surface area contributed by atoms with Crippen LogP contribution in [0.3, 0.4) is 0 Å². The molecule has 1 fully saturated rings. The minimum atomic E-state index is -0.673. The third kappa shape index (κ3) is 7.58. The van der Waals surface area contributed by atoms with Crippen LogP contribution in [0.25, 0.3) is 0 Å². The Bertz CT molecular complexity index is 1150. The van der Waals surface area contributed by atoms with Gasteiger partial charge in [0.2, 0.25) is 5.91 Å². The molecule has 0 radical (unpaired) electrons. The Morgan fingerprint density at radius 2 is 1.67 bits per heavy atom. The number of rotatable bonds is 10. The number of benzene rings is 3. The van der Waals surface area contributed by atoms with E-state index in [-0.39, 0.29) is 31.0 Å². The molecule has 5 nitrogen and oxygen atoms in total. The van der Waals surface area contributed by atoms with E-state index < -0.39 is 6.04 Å². The van der Waals surface area contributed by atoms with Crippen molar-refractivity contribution < 1.29 is 14.3 Å². The number of halogens is 2. The van der Waals surface area contributed by atoms with E-state index in [4.69, 9.17) is 16.3 Å². The monoisotopic (exact) mass is 568 g/mol. The highest BCUT2D eigenvalue weighted by Crippen LogP contribution is 2.22. The Morgan fingerprint density at radius 1 is 0.972 bits per heavy atom. The smallest absolute Gasteiger partial charge is 0.261 e. The molecular weight excluding hydrogens is 540 g/mol. The van der Waals surface area contributed by atoms with Crippen LogP contribution in [0.15, 0.2) is 83.3 Å². The number of hydrogen-bond donors (Lipinski definition) is 1. The molecule has 188 valence electrons. The van der Waals surface area contributed by atoms with Crippen molar-refractivity contribution in [2.24, 2.45) is 0 Å². The molecule has 0 heterocycles. The third-order valence-electron chi connectivity index (χ3n) is 6.39. The molecule has 36 heavy (non-hydrogen) atoms. The minimum Gasteiger partial charge on any atom is -0.484 e. The number of nitrogens with zero attached hydrogens (tertiary/aromatic N) is 1. The highest BCUT2D eigenvalue weighted by atomic mass is 79.9. The molecule has 1 aliphatic rings. The molecule has 2 amide bonds. The fraction of sp³-hybridized carbons (Fsp3) is 0.310. The first kappa shape index (κ1) is 26.2. The molecule has 0 bridgehead atoms. The minimum absolute atomic E-state index is 0.124. The summed E-state index contributed by atoms with van der Waals surface area (Å²) in [6.07, 6.45) is 4.60. The third-order valence-corrected chi connectivity index (χ3v) is 7.14. The molecule has 1 atom stereocenters. The number of carbonyl (C=O) groups is 2. The van der Waals surface area contributed by atoms with Gasteiger partial charge >= 0.3 is 0 Å². The Labute approximate surface area is 225 Å².